The molecule has 10 heteroatoms. The van der Waals surface area contributed by atoms with E-state index in [0.29, 0.717) is 24.4 Å². The number of aromatic nitrogens is 2. The van der Waals surface area contributed by atoms with Gasteiger partial charge in [-0.15, -0.1) is 10.2 Å². The highest BCUT2D eigenvalue weighted by molar-refractivity contribution is 7.89. The molecule has 1 aliphatic rings. The number of nitrogens with one attached hydrogen (secondary N) is 1. The van der Waals surface area contributed by atoms with E-state index in [1.54, 1.807) is 0 Å². The molecule has 25 heavy (non-hydrogen) atoms. The van der Waals surface area contributed by atoms with Gasteiger partial charge in [-0.3, -0.25) is 10.1 Å². The van der Waals surface area contributed by atoms with Crippen LogP contribution in [0, 0.1) is 5.82 Å². The van der Waals surface area contributed by atoms with Crippen LogP contribution < -0.4 is 5.32 Å². The fourth-order valence-corrected chi connectivity index (χ4v) is 5.11. The molecule has 0 saturated carbocycles. The fraction of sp³-hybridized carbons (Fsp3) is 0.400. The molecule has 1 saturated heterocycles. The van der Waals surface area contributed by atoms with E-state index < -0.39 is 32.7 Å². The van der Waals surface area contributed by atoms with Crippen LogP contribution in [0.3, 0.4) is 0 Å². The summed E-state index contributed by atoms with van der Waals surface area (Å²) in [6.45, 7) is 2.09. The van der Waals surface area contributed by atoms with E-state index in [1.807, 2.05) is 6.92 Å². The molecule has 2 heterocycles. The van der Waals surface area contributed by atoms with Gasteiger partial charge < -0.3 is 0 Å². The van der Waals surface area contributed by atoms with Gasteiger partial charge in [0, 0.05) is 6.54 Å². The Morgan fingerprint density at radius 2 is 2.16 bits per heavy atom. The number of carbonyl (C=O) groups is 1. The molecule has 0 bridgehead atoms. The summed E-state index contributed by atoms with van der Waals surface area (Å²) in [5.74, 6) is -1.30. The first-order valence-electron chi connectivity index (χ1n) is 7.83. The lowest BCUT2D eigenvalue weighted by molar-refractivity contribution is -0.119. The number of hydrogen-bond acceptors (Lipinski definition) is 6. The van der Waals surface area contributed by atoms with Crippen molar-refractivity contribution in [2.24, 2.45) is 0 Å². The molecule has 0 radical (unpaired) electrons. The molecule has 1 aliphatic heterocycles. The maximum absolute atomic E-state index is 13.9. The molecule has 1 fully saturated rings. The summed E-state index contributed by atoms with van der Waals surface area (Å²) in [4.78, 5) is 12.1. The zero-order chi connectivity index (χ0) is 18.0. The van der Waals surface area contributed by atoms with Crippen LogP contribution >= 0.6 is 11.3 Å². The number of hydrogen-bond donors (Lipinski definition) is 1. The lowest BCUT2D eigenvalue weighted by Crippen LogP contribution is -2.43. The van der Waals surface area contributed by atoms with Crippen LogP contribution in [0.4, 0.5) is 9.52 Å². The standard InChI is InChI=1S/C15H17FN4O3S2/c1-2-13-18-19-15(24-13)17-14(21)11-7-5-9-20(11)25(22,23)12-8-4-3-6-10(12)16/h3-4,6,8,11H,2,5,7,9H2,1H3,(H,17,19,21). The van der Waals surface area contributed by atoms with Crippen molar-refractivity contribution in [2.75, 3.05) is 11.9 Å². The third-order valence-electron chi connectivity index (χ3n) is 3.93. The summed E-state index contributed by atoms with van der Waals surface area (Å²) in [7, 11) is -4.09. The Balaban J connectivity index is 1.82. The second kappa shape index (κ2) is 7.14. The van der Waals surface area contributed by atoms with E-state index >= 15 is 0 Å². The number of aryl methyl sites for hydroxylation is 1. The average molecular weight is 384 g/mol. The zero-order valence-corrected chi connectivity index (χ0v) is 15.1. The van der Waals surface area contributed by atoms with Gasteiger partial charge in [-0.2, -0.15) is 4.31 Å². The molecule has 134 valence electrons. The molecule has 1 aromatic heterocycles. The number of carbonyl (C=O) groups excluding carboxylic acids is 1. The minimum Gasteiger partial charge on any atom is -0.299 e. The van der Waals surface area contributed by atoms with Gasteiger partial charge in [0.2, 0.25) is 21.1 Å². The molecule has 3 rings (SSSR count). The van der Waals surface area contributed by atoms with Gasteiger partial charge in [0.1, 0.15) is 21.8 Å². The van der Waals surface area contributed by atoms with Gasteiger partial charge in [-0.05, 0) is 31.4 Å². The monoisotopic (exact) mass is 384 g/mol. The van der Waals surface area contributed by atoms with E-state index in [-0.39, 0.29) is 6.54 Å². The second-order valence-electron chi connectivity index (χ2n) is 5.55. The number of halogens is 1. The van der Waals surface area contributed by atoms with Crippen molar-refractivity contribution in [2.45, 2.75) is 37.1 Å². The molecule has 1 amide bonds. The van der Waals surface area contributed by atoms with E-state index in [4.69, 9.17) is 0 Å². The summed E-state index contributed by atoms with van der Waals surface area (Å²) in [5.41, 5.74) is 0. The topological polar surface area (TPSA) is 92.3 Å². The normalized spacial score (nSPS) is 18.4. The summed E-state index contributed by atoms with van der Waals surface area (Å²) < 4.78 is 40.5. The molecule has 1 aromatic carbocycles. The highest BCUT2D eigenvalue weighted by Gasteiger charge is 2.40. The maximum atomic E-state index is 13.9. The van der Waals surface area contributed by atoms with Crippen LogP contribution in [-0.2, 0) is 21.2 Å². The first kappa shape index (κ1) is 17.9. The summed E-state index contributed by atoms with van der Waals surface area (Å²) in [5, 5.41) is 11.5. The van der Waals surface area contributed by atoms with Crippen molar-refractivity contribution in [3.05, 3.63) is 35.1 Å². The Morgan fingerprint density at radius 1 is 1.40 bits per heavy atom. The fourth-order valence-electron chi connectivity index (χ4n) is 2.71. The van der Waals surface area contributed by atoms with Gasteiger partial charge in [-0.25, -0.2) is 12.8 Å². The van der Waals surface area contributed by atoms with Crippen LogP contribution in [0.1, 0.15) is 24.8 Å². The predicted octanol–water partition coefficient (Wildman–Crippen LogP) is 2.03. The van der Waals surface area contributed by atoms with Gasteiger partial charge in [0.25, 0.3) is 0 Å². The smallest absolute Gasteiger partial charge is 0.246 e. The van der Waals surface area contributed by atoms with Gasteiger partial charge >= 0.3 is 0 Å². The number of anilines is 1. The molecule has 1 atom stereocenters. The SMILES string of the molecule is CCc1nnc(NC(=O)C2CCCN2S(=O)(=O)c2ccccc2F)s1. The number of sulfonamides is 1. The Hall–Kier alpha value is -1.91. The van der Waals surface area contributed by atoms with E-state index in [9.17, 15) is 17.6 Å². The quantitative estimate of drug-likeness (QED) is 0.852. The Morgan fingerprint density at radius 3 is 2.84 bits per heavy atom. The predicted molar refractivity (Wildman–Crippen MR) is 91.2 cm³/mol. The number of benzene rings is 1. The third-order valence-corrected chi connectivity index (χ3v) is 6.85. The minimum atomic E-state index is -4.09. The lowest BCUT2D eigenvalue weighted by atomic mass is 10.2. The Labute approximate surface area is 148 Å². The van der Waals surface area contributed by atoms with Crippen LogP contribution in [0.5, 0.6) is 0 Å². The first-order valence-corrected chi connectivity index (χ1v) is 10.1. The Kier molecular flexibility index (Phi) is 5.11. The highest BCUT2D eigenvalue weighted by atomic mass is 32.2. The van der Waals surface area contributed by atoms with Gasteiger partial charge in [0.05, 0.1) is 0 Å². The van der Waals surface area contributed by atoms with E-state index in [0.717, 1.165) is 15.4 Å². The summed E-state index contributed by atoms with van der Waals surface area (Å²) in [6, 6.07) is 4.28. The van der Waals surface area contributed by atoms with Crippen LogP contribution in [0.15, 0.2) is 29.2 Å². The number of rotatable bonds is 5. The van der Waals surface area contributed by atoms with E-state index in [1.165, 1.54) is 29.5 Å². The lowest BCUT2D eigenvalue weighted by Gasteiger charge is -2.23. The Bertz CT molecular complexity index is 884. The molecule has 1 unspecified atom stereocenters. The number of nitrogens with zero attached hydrogens (tertiary/aromatic N) is 3. The van der Waals surface area contributed by atoms with Crippen LogP contribution in [-0.4, -0.2) is 41.4 Å². The van der Waals surface area contributed by atoms with Crippen LogP contribution in [0.2, 0.25) is 0 Å². The first-order chi connectivity index (χ1) is 11.9. The second-order valence-corrected chi connectivity index (χ2v) is 8.47. The average Bonchev–Trinajstić information content (AvgIpc) is 3.24. The van der Waals surface area contributed by atoms with Gasteiger partial charge in [0.15, 0.2) is 0 Å². The molecule has 0 spiro atoms. The van der Waals surface area contributed by atoms with E-state index in [2.05, 4.69) is 15.5 Å². The van der Waals surface area contributed by atoms with Crippen molar-refractivity contribution >= 4 is 32.4 Å². The molecule has 2 aromatic rings. The van der Waals surface area contributed by atoms with Crippen LogP contribution in [0.25, 0.3) is 0 Å². The highest BCUT2D eigenvalue weighted by Crippen LogP contribution is 2.28. The third kappa shape index (κ3) is 3.55. The molecular weight excluding hydrogens is 367 g/mol. The number of amides is 1. The largest absolute Gasteiger partial charge is 0.299 e. The maximum Gasteiger partial charge on any atom is 0.246 e. The van der Waals surface area contributed by atoms with Crippen molar-refractivity contribution in [1.82, 2.24) is 14.5 Å². The molecule has 1 N–H and O–H groups in total. The molecular formula is C15H17FN4O3S2. The van der Waals surface area contributed by atoms with Crippen molar-refractivity contribution < 1.29 is 17.6 Å². The zero-order valence-electron chi connectivity index (χ0n) is 13.5. The van der Waals surface area contributed by atoms with Gasteiger partial charge in [-0.1, -0.05) is 30.4 Å². The van der Waals surface area contributed by atoms with Crippen molar-refractivity contribution in [1.29, 1.82) is 0 Å². The molecule has 0 aliphatic carbocycles. The summed E-state index contributed by atoms with van der Waals surface area (Å²) >= 11 is 1.25. The molecule has 7 nitrogen and oxygen atoms in total. The summed E-state index contributed by atoms with van der Waals surface area (Å²) in [6.07, 6.45) is 1.60. The minimum absolute atomic E-state index is 0.172. The van der Waals surface area contributed by atoms with Crippen molar-refractivity contribution in [3.8, 4) is 0 Å². The van der Waals surface area contributed by atoms with Crippen molar-refractivity contribution in [3.63, 3.8) is 0 Å².